The van der Waals surface area contributed by atoms with Crippen molar-refractivity contribution in [3.05, 3.63) is 119 Å². The molecule has 0 bridgehead atoms. The summed E-state index contributed by atoms with van der Waals surface area (Å²) in [7, 11) is 0. The van der Waals surface area contributed by atoms with Crippen molar-refractivity contribution in [2.45, 2.75) is 96.2 Å². The predicted molar refractivity (Wildman–Crippen MR) is 261 cm³/mol. The first kappa shape index (κ1) is 76.8. The molecule has 0 atom stereocenters. The minimum Gasteiger partial charge on any atom is -0.852 e. The van der Waals surface area contributed by atoms with Gasteiger partial charge in [0.1, 0.15) is 0 Å². The van der Waals surface area contributed by atoms with Crippen LogP contribution in [0.2, 0.25) is 0 Å². The Kier molecular flexibility index (Phi) is 52.8. The molecule has 4 aromatic rings. The predicted octanol–water partition coefficient (Wildman–Crippen LogP) is 12.9. The fourth-order valence-corrected chi connectivity index (χ4v) is 3.83. The summed E-state index contributed by atoms with van der Waals surface area (Å²) >= 11 is 57.7. The third kappa shape index (κ3) is 48.3. The van der Waals surface area contributed by atoms with Gasteiger partial charge in [-0.3, -0.25) is 0 Å². The SMILES string of the molecule is CC(C)c1cccc([O-])[c+]([O-])c1.CC(C)c1cccc([O-])[c+]([O-])c1.CC(C)c1cccc([O-])[c+]([O-])c1.CC(C)c1cccc([O-])[c+]([O-])c1.ClC(Cl)Cl.ClC(Cl)Cl.ClC(Cl)Cl.ClC(Cl)Cl.[Cu+2].[Cu+2]. The first-order valence-electron chi connectivity index (χ1n) is 18.3. The first-order valence-corrected chi connectivity index (χ1v) is 23.5. The van der Waals surface area contributed by atoms with Gasteiger partial charge in [0.2, 0.25) is 0 Å². The van der Waals surface area contributed by atoms with Gasteiger partial charge in [-0.05, 0) is 55.4 Å². The molecule has 0 spiro atoms. The summed E-state index contributed by atoms with van der Waals surface area (Å²) in [6.07, 6.45) is 0. The Morgan fingerprint density at radius 1 is 0.303 bits per heavy atom. The van der Waals surface area contributed by atoms with Crippen molar-refractivity contribution >= 4 is 139 Å². The second-order valence-electron chi connectivity index (χ2n) is 13.2. The van der Waals surface area contributed by atoms with E-state index in [1.165, 1.54) is 48.5 Å². The van der Waals surface area contributed by atoms with Gasteiger partial charge in [0, 0.05) is 189 Å². The van der Waals surface area contributed by atoms with Crippen LogP contribution >= 0.6 is 139 Å². The van der Waals surface area contributed by atoms with E-state index in [1.807, 2.05) is 55.4 Å². The van der Waals surface area contributed by atoms with Crippen LogP contribution in [0.25, 0.3) is 0 Å². The standard InChI is InChI=1S/4C10H12O2.4CHCl3.2Cu/c4*1-7(2)8-4-3-5-9(11)10(12)6-8;4*2-1(3)4;;/h4*3-7,11H,1-2H3;4*1H;;/q;;;;;;;;2*+2/p-4. The Hall–Kier alpha value is -0.721. The molecule has 0 aliphatic heterocycles. The average molecular weight is 1260 g/mol. The molecule has 0 aliphatic carbocycles. The molecule has 0 saturated carbocycles. The second-order valence-corrected chi connectivity index (χ2v) is 21.1. The van der Waals surface area contributed by atoms with Crippen molar-refractivity contribution < 1.29 is 75.0 Å². The van der Waals surface area contributed by atoms with Crippen LogP contribution in [-0.2, 0) is 34.1 Å². The van der Waals surface area contributed by atoms with E-state index in [9.17, 15) is 40.9 Å². The van der Waals surface area contributed by atoms with Gasteiger partial charge in [0.05, 0.1) is 0 Å². The van der Waals surface area contributed by atoms with Gasteiger partial charge in [0.15, 0.2) is 17.2 Å². The summed E-state index contributed by atoms with van der Waals surface area (Å²) < 4.78 is -3.00. The zero-order valence-corrected chi connectivity index (χ0v) is 47.2. The van der Waals surface area contributed by atoms with Crippen LogP contribution in [0.5, 0.6) is 46.0 Å². The van der Waals surface area contributed by atoms with Gasteiger partial charge in [-0.25, -0.2) is 0 Å². The van der Waals surface area contributed by atoms with E-state index >= 15 is 0 Å². The number of hydrogen-bond donors (Lipinski definition) is 0. The van der Waals surface area contributed by atoms with E-state index in [0.717, 1.165) is 22.3 Å². The molecule has 378 valence electrons. The molecule has 0 saturated heterocycles. The second kappa shape index (κ2) is 45.4. The van der Waals surface area contributed by atoms with Crippen molar-refractivity contribution in [1.29, 1.82) is 0 Å². The average Bonchev–Trinajstić information content (AvgIpc) is 3.59. The van der Waals surface area contributed by atoms with Crippen LogP contribution in [-0.4, -0.2) is 17.2 Å². The third-order valence-electron chi connectivity index (χ3n) is 6.97. The molecule has 0 aromatic heterocycles. The Balaban J connectivity index is -0.000000162. The van der Waals surface area contributed by atoms with Gasteiger partial charge in [-0.2, -0.15) is 0 Å². The summed E-state index contributed by atoms with van der Waals surface area (Å²) in [5, 5.41) is 87.7. The Bertz CT molecular complexity index is 1600. The van der Waals surface area contributed by atoms with Crippen molar-refractivity contribution in [3.63, 3.8) is 0 Å². The first-order chi connectivity index (χ1) is 29.4. The maximum Gasteiger partial charge on any atom is 2.00 e. The molecule has 2 radical (unpaired) electrons. The van der Waals surface area contributed by atoms with E-state index in [-0.39, 0.29) is 57.8 Å². The molecule has 4 aromatic carbocycles. The van der Waals surface area contributed by atoms with E-state index < -0.39 is 63.2 Å². The summed E-state index contributed by atoms with van der Waals surface area (Å²) in [6.45, 7) is 15.9. The molecule has 0 amide bonds. The maximum absolute atomic E-state index is 11.0. The van der Waals surface area contributed by atoms with E-state index in [0.29, 0.717) is 0 Å². The number of alkyl halides is 12. The van der Waals surface area contributed by atoms with Crippen molar-refractivity contribution in [1.82, 2.24) is 0 Å². The van der Waals surface area contributed by atoms with Gasteiger partial charge in [-0.15, -0.1) is 0 Å². The zero-order chi connectivity index (χ0) is 50.9. The van der Waals surface area contributed by atoms with Crippen LogP contribution in [0, 0.1) is 0 Å². The van der Waals surface area contributed by atoms with Crippen LogP contribution in [0.3, 0.4) is 0 Å². The smallest absolute Gasteiger partial charge is 0.852 e. The quantitative estimate of drug-likeness (QED) is 0.110. The fraction of sp³-hybridized carbons (Fsp3) is 0.364. The molecular weight excluding hydrogens is 1210 g/mol. The van der Waals surface area contributed by atoms with Gasteiger partial charge < -0.3 is 40.9 Å². The minimum absolute atomic E-state index is 0. The van der Waals surface area contributed by atoms with Gasteiger partial charge in [0.25, 0.3) is 0 Å². The molecule has 0 aliphatic rings. The monoisotopic (exact) mass is 1250 g/mol. The normalized spacial score (nSPS) is 9.64. The molecule has 0 fully saturated rings. The van der Waals surface area contributed by atoms with Crippen LogP contribution in [0.1, 0.15) is 101 Å². The summed E-state index contributed by atoms with van der Waals surface area (Å²) in [5.74, 6) is -2.35. The van der Waals surface area contributed by atoms with Gasteiger partial charge in [-0.1, -0.05) is 139 Å². The maximum atomic E-state index is 11.0. The molecule has 4 rings (SSSR count). The Labute approximate surface area is 471 Å². The molecule has 0 N–H and O–H groups in total. The van der Waals surface area contributed by atoms with E-state index in [2.05, 4.69) is 0 Å². The summed E-state index contributed by atoms with van der Waals surface area (Å²) in [5.41, 5.74) is 3.62. The molecular formula is C44H48Cl12Cu2O8. The molecule has 8 nitrogen and oxygen atoms in total. The molecule has 0 heterocycles. The number of rotatable bonds is 4. The zero-order valence-electron chi connectivity index (χ0n) is 36.3. The van der Waals surface area contributed by atoms with Crippen molar-refractivity contribution in [2.75, 3.05) is 0 Å². The fourth-order valence-electron chi connectivity index (χ4n) is 3.83. The third-order valence-corrected chi connectivity index (χ3v) is 6.97. The van der Waals surface area contributed by atoms with Crippen molar-refractivity contribution in [2.24, 2.45) is 0 Å². The van der Waals surface area contributed by atoms with Gasteiger partial charge >= 0.3 is 34.1 Å². The Morgan fingerprint density at radius 3 is 0.530 bits per heavy atom. The number of hydrogen-bond acceptors (Lipinski definition) is 8. The van der Waals surface area contributed by atoms with E-state index in [1.54, 1.807) is 48.5 Å². The van der Waals surface area contributed by atoms with Crippen LogP contribution < -0.4 is 40.9 Å². The largest absolute Gasteiger partial charge is 2.00 e. The minimum atomic E-state index is -0.750. The Morgan fingerprint density at radius 2 is 0.424 bits per heavy atom. The van der Waals surface area contributed by atoms with E-state index in [4.69, 9.17) is 139 Å². The molecule has 22 heteroatoms. The van der Waals surface area contributed by atoms with Crippen molar-refractivity contribution in [3.8, 4) is 46.0 Å². The molecule has 66 heavy (non-hydrogen) atoms. The van der Waals surface area contributed by atoms with Crippen LogP contribution in [0.4, 0.5) is 0 Å². The molecule has 0 unspecified atom stereocenters. The summed E-state index contributed by atoms with van der Waals surface area (Å²) in [4.78, 5) is 0. The summed E-state index contributed by atoms with van der Waals surface area (Å²) in [6, 6.07) is 24.5. The van der Waals surface area contributed by atoms with Crippen LogP contribution in [0.15, 0.2) is 97.1 Å². The number of halogens is 12. The topological polar surface area (TPSA) is 184 Å².